The van der Waals surface area contributed by atoms with Crippen LogP contribution in [0.1, 0.15) is 19.3 Å². The van der Waals surface area contributed by atoms with Crippen LogP contribution >= 0.6 is 11.8 Å². The van der Waals surface area contributed by atoms with Crippen LogP contribution in [-0.4, -0.2) is 53.3 Å². The Labute approximate surface area is 116 Å². The smallest absolute Gasteiger partial charge is 0.246 e. The highest BCUT2D eigenvalue weighted by atomic mass is 32.2. The van der Waals surface area contributed by atoms with E-state index in [2.05, 4.69) is 5.32 Å². The molecule has 6 nitrogen and oxygen atoms in total. The Bertz CT molecular complexity index is 380. The third-order valence-corrected chi connectivity index (χ3v) is 4.66. The first kappa shape index (κ1) is 14.2. The van der Waals surface area contributed by atoms with Gasteiger partial charge < -0.3 is 16.0 Å². The van der Waals surface area contributed by atoms with Crippen molar-refractivity contribution in [2.24, 2.45) is 11.7 Å². The lowest BCUT2D eigenvalue weighted by Crippen LogP contribution is -2.52. The standard InChI is InChI=1S/C12H19N3O3S/c13-11(17)8-1-4-15(5-2-8)12(18)9-7-19-6-3-10(16)14-9/h8-9H,1-7H2,(H2,13,17)(H,14,16)/t9-/m1/s1. The molecule has 0 spiro atoms. The van der Waals surface area contributed by atoms with Crippen molar-refractivity contribution in [2.45, 2.75) is 25.3 Å². The van der Waals surface area contributed by atoms with Crippen molar-refractivity contribution in [3.8, 4) is 0 Å². The van der Waals surface area contributed by atoms with Crippen LogP contribution in [0.5, 0.6) is 0 Å². The number of piperidine rings is 1. The minimum Gasteiger partial charge on any atom is -0.369 e. The van der Waals surface area contributed by atoms with Crippen molar-refractivity contribution < 1.29 is 14.4 Å². The molecule has 3 N–H and O–H groups in total. The van der Waals surface area contributed by atoms with Crippen molar-refractivity contribution >= 4 is 29.5 Å². The highest BCUT2D eigenvalue weighted by Gasteiger charge is 2.31. The van der Waals surface area contributed by atoms with Gasteiger partial charge in [0.15, 0.2) is 0 Å². The minimum absolute atomic E-state index is 0.0364. The number of nitrogens with one attached hydrogen (secondary N) is 1. The molecule has 2 fully saturated rings. The van der Waals surface area contributed by atoms with Gasteiger partial charge in [-0.2, -0.15) is 11.8 Å². The third kappa shape index (κ3) is 3.62. The molecule has 0 aromatic rings. The van der Waals surface area contributed by atoms with E-state index in [1.54, 1.807) is 16.7 Å². The van der Waals surface area contributed by atoms with Gasteiger partial charge in [0.1, 0.15) is 6.04 Å². The highest BCUT2D eigenvalue weighted by Crippen LogP contribution is 2.19. The molecule has 1 atom stereocenters. The summed E-state index contributed by atoms with van der Waals surface area (Å²) in [6, 6.07) is -0.426. The molecule has 2 heterocycles. The maximum Gasteiger partial charge on any atom is 0.246 e. The van der Waals surface area contributed by atoms with Gasteiger partial charge in [0.2, 0.25) is 17.7 Å². The van der Waals surface area contributed by atoms with E-state index >= 15 is 0 Å². The van der Waals surface area contributed by atoms with E-state index < -0.39 is 6.04 Å². The topological polar surface area (TPSA) is 92.5 Å². The molecule has 0 bridgehead atoms. The Balaban J connectivity index is 1.89. The number of carbonyl (C=O) groups is 3. The number of carbonyl (C=O) groups excluding carboxylic acids is 3. The zero-order chi connectivity index (χ0) is 13.8. The number of primary amides is 1. The first-order valence-electron chi connectivity index (χ1n) is 6.53. The second-order valence-electron chi connectivity index (χ2n) is 4.95. The molecule has 0 unspecified atom stereocenters. The number of amides is 3. The summed E-state index contributed by atoms with van der Waals surface area (Å²) in [7, 11) is 0. The lowest BCUT2D eigenvalue weighted by atomic mass is 9.96. The Kier molecular flexibility index (Phi) is 4.68. The van der Waals surface area contributed by atoms with Crippen molar-refractivity contribution in [3.05, 3.63) is 0 Å². The summed E-state index contributed by atoms with van der Waals surface area (Å²) in [5.41, 5.74) is 5.27. The molecule has 0 saturated carbocycles. The maximum atomic E-state index is 12.3. The number of nitrogens with two attached hydrogens (primary N) is 1. The predicted molar refractivity (Wildman–Crippen MR) is 72.4 cm³/mol. The van der Waals surface area contributed by atoms with E-state index in [-0.39, 0.29) is 23.6 Å². The Hall–Kier alpha value is -1.24. The molecule has 0 radical (unpaired) electrons. The summed E-state index contributed by atoms with van der Waals surface area (Å²) in [5, 5.41) is 2.77. The van der Waals surface area contributed by atoms with Crippen molar-refractivity contribution in [1.29, 1.82) is 0 Å². The van der Waals surface area contributed by atoms with Gasteiger partial charge in [-0.25, -0.2) is 0 Å². The van der Waals surface area contributed by atoms with Crippen LogP contribution in [0.25, 0.3) is 0 Å². The molecule has 19 heavy (non-hydrogen) atoms. The van der Waals surface area contributed by atoms with E-state index in [0.29, 0.717) is 38.1 Å². The van der Waals surface area contributed by atoms with Crippen LogP contribution in [0.4, 0.5) is 0 Å². The first-order chi connectivity index (χ1) is 9.08. The Morgan fingerprint density at radius 2 is 2.00 bits per heavy atom. The van der Waals surface area contributed by atoms with Gasteiger partial charge in [-0.05, 0) is 12.8 Å². The zero-order valence-electron chi connectivity index (χ0n) is 10.8. The normalized spacial score (nSPS) is 25.6. The summed E-state index contributed by atoms with van der Waals surface area (Å²) < 4.78 is 0. The summed E-state index contributed by atoms with van der Waals surface area (Å²) >= 11 is 1.62. The third-order valence-electron chi connectivity index (χ3n) is 3.60. The second-order valence-corrected chi connectivity index (χ2v) is 6.10. The highest BCUT2D eigenvalue weighted by molar-refractivity contribution is 7.99. The van der Waals surface area contributed by atoms with Crippen molar-refractivity contribution in [1.82, 2.24) is 10.2 Å². The number of thioether (sulfide) groups is 1. The quantitative estimate of drug-likeness (QED) is 0.704. The monoisotopic (exact) mass is 285 g/mol. The number of hydrogen-bond acceptors (Lipinski definition) is 4. The van der Waals surface area contributed by atoms with Crippen LogP contribution in [0.15, 0.2) is 0 Å². The molecule has 2 saturated heterocycles. The molecule has 0 aromatic heterocycles. The van der Waals surface area contributed by atoms with E-state index in [4.69, 9.17) is 5.73 Å². The summed E-state index contributed by atoms with van der Waals surface area (Å²) in [6.07, 6.45) is 1.71. The van der Waals surface area contributed by atoms with E-state index in [1.165, 1.54) is 0 Å². The average Bonchev–Trinajstić information content (AvgIpc) is 2.62. The van der Waals surface area contributed by atoms with Gasteiger partial charge in [-0.1, -0.05) is 0 Å². The average molecular weight is 285 g/mol. The molecule has 106 valence electrons. The number of hydrogen-bond donors (Lipinski definition) is 2. The van der Waals surface area contributed by atoms with Gasteiger partial charge in [-0.3, -0.25) is 14.4 Å². The van der Waals surface area contributed by atoms with Crippen LogP contribution < -0.4 is 11.1 Å². The molecule has 0 aromatic carbocycles. The van der Waals surface area contributed by atoms with Crippen molar-refractivity contribution in [3.63, 3.8) is 0 Å². The molecular weight excluding hydrogens is 266 g/mol. The van der Waals surface area contributed by atoms with Gasteiger partial charge in [0.25, 0.3) is 0 Å². The van der Waals surface area contributed by atoms with Crippen LogP contribution in [0, 0.1) is 5.92 Å². The number of rotatable bonds is 2. The van der Waals surface area contributed by atoms with Crippen LogP contribution in [0.3, 0.4) is 0 Å². The van der Waals surface area contributed by atoms with Gasteiger partial charge in [-0.15, -0.1) is 0 Å². The molecule has 2 aliphatic heterocycles. The molecule has 0 aliphatic carbocycles. The van der Waals surface area contributed by atoms with E-state index in [1.807, 2.05) is 0 Å². The lowest BCUT2D eigenvalue weighted by molar-refractivity contribution is -0.138. The molecule has 3 amide bonds. The Morgan fingerprint density at radius 1 is 1.32 bits per heavy atom. The Morgan fingerprint density at radius 3 is 2.63 bits per heavy atom. The zero-order valence-corrected chi connectivity index (χ0v) is 11.6. The fourth-order valence-corrected chi connectivity index (χ4v) is 3.37. The summed E-state index contributed by atoms with van der Waals surface area (Å²) in [5.74, 6) is 0.883. The van der Waals surface area contributed by atoms with E-state index in [9.17, 15) is 14.4 Å². The van der Waals surface area contributed by atoms with Gasteiger partial charge in [0, 0.05) is 36.9 Å². The number of likely N-dealkylation sites (tertiary alicyclic amines) is 1. The SMILES string of the molecule is NC(=O)C1CCN(C(=O)[C@H]2CSCCC(=O)N2)CC1. The fraction of sp³-hybridized carbons (Fsp3) is 0.750. The lowest BCUT2D eigenvalue weighted by Gasteiger charge is -2.33. The van der Waals surface area contributed by atoms with E-state index in [0.717, 1.165) is 5.75 Å². The number of nitrogens with zero attached hydrogens (tertiary/aromatic N) is 1. The summed E-state index contributed by atoms with van der Waals surface area (Å²) in [4.78, 5) is 36.6. The van der Waals surface area contributed by atoms with Crippen molar-refractivity contribution in [2.75, 3.05) is 24.6 Å². The maximum absolute atomic E-state index is 12.3. The largest absolute Gasteiger partial charge is 0.369 e. The minimum atomic E-state index is -0.426. The molecule has 2 rings (SSSR count). The molecular formula is C12H19N3O3S. The van der Waals surface area contributed by atoms with Crippen LogP contribution in [0.2, 0.25) is 0 Å². The fourth-order valence-electron chi connectivity index (χ4n) is 2.41. The summed E-state index contributed by atoms with van der Waals surface area (Å²) in [6.45, 7) is 1.09. The molecule has 2 aliphatic rings. The van der Waals surface area contributed by atoms with Crippen LogP contribution in [-0.2, 0) is 14.4 Å². The van der Waals surface area contributed by atoms with Gasteiger partial charge >= 0.3 is 0 Å². The molecule has 7 heteroatoms. The van der Waals surface area contributed by atoms with Gasteiger partial charge in [0.05, 0.1) is 0 Å². The first-order valence-corrected chi connectivity index (χ1v) is 7.68. The predicted octanol–water partition coefficient (Wildman–Crippen LogP) is -0.668. The second kappa shape index (κ2) is 6.27.